The molecule has 3 N–H and O–H groups in total. The smallest absolute Gasteiger partial charge is 0.303 e. The minimum absolute atomic E-state index is 0.0492. The van der Waals surface area contributed by atoms with Crippen LogP contribution < -0.4 is 0 Å². The van der Waals surface area contributed by atoms with Crippen molar-refractivity contribution in [1.82, 2.24) is 20.0 Å². The fraction of sp³-hybridized carbons (Fsp3) is 0.643. The molecule has 0 saturated carbocycles. The highest BCUT2D eigenvalue weighted by Gasteiger charge is 2.25. The number of amides is 1. The van der Waals surface area contributed by atoms with Crippen LogP contribution in [0.3, 0.4) is 0 Å². The van der Waals surface area contributed by atoms with Crippen molar-refractivity contribution in [2.75, 3.05) is 26.2 Å². The number of hydrogen-bond acceptors (Lipinski definition) is 5. The second-order valence-electron chi connectivity index (χ2n) is 5.73. The maximum absolute atomic E-state index is 12.0. The van der Waals surface area contributed by atoms with E-state index in [0.29, 0.717) is 36.9 Å². The van der Waals surface area contributed by atoms with Gasteiger partial charge in [-0.05, 0) is 6.92 Å². The summed E-state index contributed by atoms with van der Waals surface area (Å²) in [7, 11) is 0. The molecule has 0 aliphatic carbocycles. The molecule has 0 unspecified atom stereocenters. The molecule has 128 valence electrons. The van der Waals surface area contributed by atoms with E-state index in [-0.39, 0.29) is 25.3 Å². The van der Waals surface area contributed by atoms with E-state index in [0.717, 1.165) is 5.69 Å². The number of halogens is 1. The summed E-state index contributed by atoms with van der Waals surface area (Å²) in [4.78, 5) is 26.1. The van der Waals surface area contributed by atoms with Crippen molar-refractivity contribution < 1.29 is 19.8 Å². The van der Waals surface area contributed by atoms with Crippen LogP contribution in [0.15, 0.2) is 0 Å². The van der Waals surface area contributed by atoms with Gasteiger partial charge >= 0.3 is 5.97 Å². The first-order chi connectivity index (χ1) is 10.9. The van der Waals surface area contributed by atoms with E-state index in [2.05, 4.69) is 10.2 Å². The maximum atomic E-state index is 12.0. The molecule has 1 aliphatic rings. The fourth-order valence-electron chi connectivity index (χ4n) is 2.58. The minimum atomic E-state index is -1.00. The van der Waals surface area contributed by atoms with Crippen LogP contribution in [0.4, 0.5) is 0 Å². The van der Waals surface area contributed by atoms with Gasteiger partial charge in [0.2, 0.25) is 5.91 Å². The molecule has 1 aromatic heterocycles. The molecule has 0 radical (unpaired) electrons. The van der Waals surface area contributed by atoms with Gasteiger partial charge in [-0.15, -0.1) is 0 Å². The zero-order valence-corrected chi connectivity index (χ0v) is 13.7. The van der Waals surface area contributed by atoms with Crippen LogP contribution in [0.1, 0.15) is 24.2 Å². The molecular weight excluding hydrogens is 324 g/mol. The first kappa shape index (κ1) is 17.7. The number of carbonyl (C=O) groups is 2. The van der Waals surface area contributed by atoms with Gasteiger partial charge in [0, 0.05) is 39.1 Å². The number of nitrogens with one attached hydrogen (secondary N) is 1. The lowest BCUT2D eigenvalue weighted by atomic mass is 10.2. The number of carboxylic acid groups (broad SMARTS) is 1. The van der Waals surface area contributed by atoms with Gasteiger partial charge in [-0.25, -0.2) is 0 Å². The molecule has 9 heteroatoms. The first-order valence-corrected chi connectivity index (χ1v) is 7.84. The van der Waals surface area contributed by atoms with Gasteiger partial charge in [-0.3, -0.25) is 19.6 Å². The van der Waals surface area contributed by atoms with Crippen molar-refractivity contribution in [3.8, 4) is 0 Å². The summed E-state index contributed by atoms with van der Waals surface area (Å²) >= 11 is 6.15. The number of β-amino-alcohol motifs (C(OH)–C–C–N with tert-alkyl or cyclic N) is 1. The number of aliphatic hydroxyl groups excluding tert-OH is 1. The lowest BCUT2D eigenvalue weighted by Gasteiger charge is -2.21. The van der Waals surface area contributed by atoms with Crippen LogP contribution in [-0.2, 0) is 16.1 Å². The molecule has 0 bridgehead atoms. The van der Waals surface area contributed by atoms with E-state index in [1.165, 1.54) is 4.90 Å². The molecule has 1 saturated heterocycles. The number of hydrogen-bond donors (Lipinski definition) is 3. The fourth-order valence-corrected chi connectivity index (χ4v) is 2.72. The van der Waals surface area contributed by atoms with Crippen molar-refractivity contribution in [3.63, 3.8) is 0 Å². The van der Waals surface area contributed by atoms with E-state index in [1.54, 1.807) is 0 Å². The van der Waals surface area contributed by atoms with E-state index in [9.17, 15) is 14.7 Å². The van der Waals surface area contributed by atoms with Gasteiger partial charge in [0.05, 0.1) is 28.9 Å². The van der Waals surface area contributed by atoms with Crippen molar-refractivity contribution in [2.24, 2.45) is 0 Å². The summed E-state index contributed by atoms with van der Waals surface area (Å²) in [6.07, 6.45) is -0.936. The number of rotatable bonds is 5. The topological polar surface area (TPSA) is 110 Å². The second kappa shape index (κ2) is 7.76. The molecule has 1 fully saturated rings. The third-order valence-corrected chi connectivity index (χ3v) is 4.31. The number of carbonyl (C=O) groups excluding carboxylic acids is 1. The van der Waals surface area contributed by atoms with E-state index < -0.39 is 12.1 Å². The molecule has 1 aromatic rings. The number of aliphatic hydroxyl groups is 1. The van der Waals surface area contributed by atoms with Crippen LogP contribution >= 0.6 is 11.6 Å². The number of aliphatic carboxylic acids is 1. The summed E-state index contributed by atoms with van der Waals surface area (Å²) in [6, 6.07) is 0. The lowest BCUT2D eigenvalue weighted by Crippen LogP contribution is -2.37. The molecule has 1 amide bonds. The summed E-state index contributed by atoms with van der Waals surface area (Å²) in [5, 5.41) is 26.3. The number of H-pyrrole nitrogens is 1. The molecule has 8 nitrogen and oxygen atoms in total. The lowest BCUT2D eigenvalue weighted by molar-refractivity contribution is -0.141. The van der Waals surface area contributed by atoms with Gasteiger partial charge < -0.3 is 15.1 Å². The zero-order chi connectivity index (χ0) is 17.0. The normalized spacial score (nSPS) is 19.6. The molecule has 23 heavy (non-hydrogen) atoms. The summed E-state index contributed by atoms with van der Waals surface area (Å²) in [5.41, 5.74) is 1.50. The van der Waals surface area contributed by atoms with Crippen LogP contribution in [0, 0.1) is 6.92 Å². The molecule has 0 spiro atoms. The van der Waals surface area contributed by atoms with Crippen molar-refractivity contribution in [1.29, 1.82) is 0 Å². The SMILES string of the molecule is Cc1[nH]nc(CN2CCN(C(=O)CCC(=O)O)C[C@H](O)C2)c1Cl. The Labute approximate surface area is 139 Å². The van der Waals surface area contributed by atoms with E-state index in [1.807, 2.05) is 11.8 Å². The molecule has 2 rings (SSSR count). The quantitative estimate of drug-likeness (QED) is 0.706. The van der Waals surface area contributed by atoms with E-state index in [4.69, 9.17) is 16.7 Å². The highest BCUT2D eigenvalue weighted by molar-refractivity contribution is 6.31. The number of nitrogens with zero attached hydrogens (tertiary/aromatic N) is 3. The number of carboxylic acids is 1. The Kier molecular flexibility index (Phi) is 5.97. The number of aryl methyl sites for hydroxylation is 1. The zero-order valence-electron chi connectivity index (χ0n) is 13.0. The second-order valence-corrected chi connectivity index (χ2v) is 6.11. The molecular formula is C14H21ClN4O4. The van der Waals surface area contributed by atoms with E-state index >= 15 is 0 Å². The summed E-state index contributed by atoms with van der Waals surface area (Å²) in [5.74, 6) is -1.25. The summed E-state index contributed by atoms with van der Waals surface area (Å²) in [6.45, 7) is 3.94. The minimum Gasteiger partial charge on any atom is -0.481 e. The third-order valence-electron chi connectivity index (χ3n) is 3.81. The van der Waals surface area contributed by atoms with Crippen molar-refractivity contribution >= 4 is 23.5 Å². The predicted octanol–water partition coefficient (Wildman–Crippen LogP) is 0.241. The Morgan fingerprint density at radius 3 is 2.70 bits per heavy atom. The van der Waals surface area contributed by atoms with Gasteiger partial charge in [-0.2, -0.15) is 5.10 Å². The Bertz CT molecular complexity index is 577. The Balaban J connectivity index is 1.93. The maximum Gasteiger partial charge on any atom is 0.303 e. The average Bonchev–Trinajstić information content (AvgIpc) is 2.70. The average molecular weight is 345 g/mol. The number of aromatic nitrogens is 2. The molecule has 1 aliphatic heterocycles. The van der Waals surface area contributed by atoms with Gasteiger partial charge in [0.1, 0.15) is 0 Å². The largest absolute Gasteiger partial charge is 0.481 e. The molecule has 0 aromatic carbocycles. The summed E-state index contributed by atoms with van der Waals surface area (Å²) < 4.78 is 0. The molecule has 1 atom stereocenters. The third kappa shape index (κ3) is 4.92. The highest BCUT2D eigenvalue weighted by atomic mass is 35.5. The van der Waals surface area contributed by atoms with Crippen LogP contribution in [-0.4, -0.2) is 74.4 Å². The highest BCUT2D eigenvalue weighted by Crippen LogP contribution is 2.19. The van der Waals surface area contributed by atoms with Crippen LogP contribution in [0.25, 0.3) is 0 Å². The van der Waals surface area contributed by atoms with Gasteiger partial charge in [0.25, 0.3) is 0 Å². The van der Waals surface area contributed by atoms with Crippen molar-refractivity contribution in [2.45, 2.75) is 32.4 Å². The molecule has 2 heterocycles. The first-order valence-electron chi connectivity index (χ1n) is 7.46. The predicted molar refractivity (Wildman–Crippen MR) is 83.1 cm³/mol. The Hall–Kier alpha value is -1.64. The van der Waals surface area contributed by atoms with Gasteiger partial charge in [-0.1, -0.05) is 11.6 Å². The monoisotopic (exact) mass is 344 g/mol. The van der Waals surface area contributed by atoms with Crippen LogP contribution in [0.2, 0.25) is 5.02 Å². The van der Waals surface area contributed by atoms with Crippen molar-refractivity contribution in [3.05, 3.63) is 16.4 Å². The van der Waals surface area contributed by atoms with Crippen LogP contribution in [0.5, 0.6) is 0 Å². The van der Waals surface area contributed by atoms with Gasteiger partial charge in [0.15, 0.2) is 0 Å². The Morgan fingerprint density at radius 2 is 2.09 bits per heavy atom. The number of aromatic amines is 1. The Morgan fingerprint density at radius 1 is 1.35 bits per heavy atom. The standard InChI is InChI=1S/C14H21ClN4O4/c1-9-14(15)11(17-16-9)8-18-4-5-19(7-10(20)6-18)12(21)2-3-13(22)23/h10,20H,2-8H2,1H3,(H,16,17)(H,22,23)/t10-/m1/s1.